The highest BCUT2D eigenvalue weighted by Gasteiger charge is 2.21. The van der Waals surface area contributed by atoms with Crippen LogP contribution in [-0.2, 0) is 11.3 Å². The maximum absolute atomic E-state index is 5.80. The van der Waals surface area contributed by atoms with E-state index in [4.69, 9.17) is 9.47 Å². The van der Waals surface area contributed by atoms with Crippen molar-refractivity contribution < 1.29 is 9.47 Å². The Bertz CT molecular complexity index is 402. The molecule has 19 heavy (non-hydrogen) atoms. The zero-order valence-electron chi connectivity index (χ0n) is 12.2. The van der Waals surface area contributed by atoms with Gasteiger partial charge in [0, 0.05) is 18.2 Å². The van der Waals surface area contributed by atoms with Crippen LogP contribution >= 0.6 is 0 Å². The Morgan fingerprint density at radius 2 is 2.16 bits per heavy atom. The molecule has 1 aliphatic carbocycles. The molecule has 0 radical (unpaired) electrons. The summed E-state index contributed by atoms with van der Waals surface area (Å²) in [6.07, 6.45) is 2.66. The maximum Gasteiger partial charge on any atom is 0.124 e. The lowest BCUT2D eigenvalue weighted by molar-refractivity contribution is 0.109. The zero-order valence-corrected chi connectivity index (χ0v) is 12.2. The predicted molar refractivity (Wildman–Crippen MR) is 77.5 cm³/mol. The Morgan fingerprint density at radius 3 is 2.79 bits per heavy atom. The number of rotatable bonds is 8. The molecule has 2 rings (SSSR count). The first kappa shape index (κ1) is 14.4. The van der Waals surface area contributed by atoms with Crippen molar-refractivity contribution in [2.24, 2.45) is 5.92 Å². The summed E-state index contributed by atoms with van der Waals surface area (Å²) in [5.41, 5.74) is 2.43. The highest BCUT2D eigenvalue weighted by Crippen LogP contribution is 2.30. The second kappa shape index (κ2) is 6.92. The molecule has 1 atom stereocenters. The van der Waals surface area contributed by atoms with Gasteiger partial charge in [0.2, 0.25) is 0 Å². The molecule has 1 saturated carbocycles. The molecule has 0 bridgehead atoms. The molecule has 1 aromatic carbocycles. The molecule has 0 saturated heterocycles. The van der Waals surface area contributed by atoms with E-state index < -0.39 is 0 Å². The average molecular weight is 263 g/mol. The van der Waals surface area contributed by atoms with Gasteiger partial charge in [-0.15, -0.1) is 0 Å². The fourth-order valence-electron chi connectivity index (χ4n) is 2.06. The van der Waals surface area contributed by atoms with Crippen LogP contribution in [0.2, 0.25) is 0 Å². The molecule has 0 aliphatic heterocycles. The van der Waals surface area contributed by atoms with E-state index in [9.17, 15) is 0 Å². The highest BCUT2D eigenvalue weighted by atomic mass is 16.5. The maximum atomic E-state index is 5.80. The summed E-state index contributed by atoms with van der Waals surface area (Å²) in [7, 11) is 1.98. The molecule has 1 aliphatic rings. The quantitative estimate of drug-likeness (QED) is 0.780. The first-order chi connectivity index (χ1) is 9.24. The second-order valence-corrected chi connectivity index (χ2v) is 5.27. The molecule has 1 unspecified atom stereocenters. The fourth-order valence-corrected chi connectivity index (χ4v) is 2.06. The molecule has 0 aromatic heterocycles. The van der Waals surface area contributed by atoms with E-state index in [1.807, 2.05) is 14.0 Å². The van der Waals surface area contributed by atoms with E-state index in [0.717, 1.165) is 23.8 Å². The predicted octanol–water partition coefficient (Wildman–Crippen LogP) is 3.29. The standard InChI is InChI=1S/C16H25NO2/c1-4-19-16-8-7-14(12(2)17-3)9-15(16)11-18-10-13-5-6-13/h7-9,12-13,17H,4-6,10-11H2,1-3H3. The fraction of sp³-hybridized carbons (Fsp3) is 0.625. The van der Waals surface area contributed by atoms with Gasteiger partial charge >= 0.3 is 0 Å². The Morgan fingerprint density at radius 1 is 1.37 bits per heavy atom. The van der Waals surface area contributed by atoms with Gasteiger partial charge < -0.3 is 14.8 Å². The van der Waals surface area contributed by atoms with Crippen LogP contribution in [0.5, 0.6) is 5.75 Å². The molecule has 106 valence electrons. The molecular weight excluding hydrogens is 238 g/mol. The van der Waals surface area contributed by atoms with Crippen LogP contribution in [0.25, 0.3) is 0 Å². The van der Waals surface area contributed by atoms with Gasteiger partial charge in [0.1, 0.15) is 5.75 Å². The third-order valence-electron chi connectivity index (χ3n) is 3.63. The molecule has 3 nitrogen and oxygen atoms in total. The molecule has 0 heterocycles. The highest BCUT2D eigenvalue weighted by molar-refractivity contribution is 5.38. The van der Waals surface area contributed by atoms with E-state index in [1.54, 1.807) is 0 Å². The van der Waals surface area contributed by atoms with Gasteiger partial charge in [-0.3, -0.25) is 0 Å². The van der Waals surface area contributed by atoms with Crippen LogP contribution in [0.4, 0.5) is 0 Å². The molecule has 1 N–H and O–H groups in total. The van der Waals surface area contributed by atoms with E-state index in [0.29, 0.717) is 19.3 Å². The number of ether oxygens (including phenoxy) is 2. The van der Waals surface area contributed by atoms with Crippen molar-refractivity contribution >= 4 is 0 Å². The first-order valence-electron chi connectivity index (χ1n) is 7.25. The van der Waals surface area contributed by atoms with Crippen molar-refractivity contribution in [3.8, 4) is 5.75 Å². The van der Waals surface area contributed by atoms with Crippen LogP contribution < -0.4 is 10.1 Å². The van der Waals surface area contributed by atoms with Gasteiger partial charge in [-0.2, -0.15) is 0 Å². The van der Waals surface area contributed by atoms with Crippen molar-refractivity contribution in [2.45, 2.75) is 39.3 Å². The van der Waals surface area contributed by atoms with Crippen LogP contribution in [0, 0.1) is 5.92 Å². The average Bonchev–Trinajstić information content (AvgIpc) is 3.24. The molecular formula is C16H25NO2. The van der Waals surface area contributed by atoms with Gasteiger partial charge in [-0.05, 0) is 57.4 Å². The molecule has 1 fully saturated rings. The summed E-state index contributed by atoms with van der Waals surface area (Å²) < 4.78 is 11.5. The summed E-state index contributed by atoms with van der Waals surface area (Å²) in [5.74, 6) is 1.75. The summed E-state index contributed by atoms with van der Waals surface area (Å²) in [4.78, 5) is 0. The smallest absolute Gasteiger partial charge is 0.124 e. The van der Waals surface area contributed by atoms with E-state index in [2.05, 4.69) is 30.4 Å². The molecule has 3 heteroatoms. The van der Waals surface area contributed by atoms with Gasteiger partial charge in [0.25, 0.3) is 0 Å². The van der Waals surface area contributed by atoms with E-state index in [1.165, 1.54) is 18.4 Å². The summed E-state index contributed by atoms with van der Waals surface area (Å²) in [6.45, 7) is 6.40. The second-order valence-electron chi connectivity index (χ2n) is 5.27. The molecule has 0 amide bonds. The summed E-state index contributed by atoms with van der Waals surface area (Å²) in [6, 6.07) is 6.72. The number of nitrogens with one attached hydrogen (secondary N) is 1. The Labute approximate surface area is 116 Å². The third-order valence-corrected chi connectivity index (χ3v) is 3.63. The Hall–Kier alpha value is -1.06. The monoisotopic (exact) mass is 263 g/mol. The topological polar surface area (TPSA) is 30.5 Å². The van der Waals surface area contributed by atoms with Crippen molar-refractivity contribution in [1.82, 2.24) is 5.32 Å². The molecule has 0 spiro atoms. The lowest BCUT2D eigenvalue weighted by Crippen LogP contribution is -2.13. The van der Waals surface area contributed by atoms with E-state index >= 15 is 0 Å². The van der Waals surface area contributed by atoms with Gasteiger partial charge in [-0.25, -0.2) is 0 Å². The molecule has 1 aromatic rings. The van der Waals surface area contributed by atoms with Crippen molar-refractivity contribution in [3.63, 3.8) is 0 Å². The zero-order chi connectivity index (χ0) is 13.7. The largest absolute Gasteiger partial charge is 0.494 e. The normalized spacial score (nSPS) is 16.4. The first-order valence-corrected chi connectivity index (χ1v) is 7.25. The van der Waals surface area contributed by atoms with E-state index in [-0.39, 0.29) is 0 Å². The minimum atomic E-state index is 0.345. The Kier molecular flexibility index (Phi) is 5.23. The van der Waals surface area contributed by atoms with Gasteiger partial charge in [0.05, 0.1) is 13.2 Å². The minimum Gasteiger partial charge on any atom is -0.494 e. The Balaban J connectivity index is 2.04. The SMILES string of the molecule is CCOc1ccc(C(C)NC)cc1COCC1CC1. The van der Waals surface area contributed by atoms with Crippen molar-refractivity contribution in [3.05, 3.63) is 29.3 Å². The van der Waals surface area contributed by atoms with Crippen molar-refractivity contribution in [1.29, 1.82) is 0 Å². The lowest BCUT2D eigenvalue weighted by Gasteiger charge is -2.16. The van der Waals surface area contributed by atoms with Crippen LogP contribution in [0.15, 0.2) is 18.2 Å². The van der Waals surface area contributed by atoms with Crippen LogP contribution in [0.1, 0.15) is 43.9 Å². The lowest BCUT2D eigenvalue weighted by atomic mass is 10.0. The van der Waals surface area contributed by atoms with Gasteiger partial charge in [0.15, 0.2) is 0 Å². The number of benzene rings is 1. The number of hydrogen-bond donors (Lipinski definition) is 1. The summed E-state index contributed by atoms with van der Waals surface area (Å²) >= 11 is 0. The third kappa shape index (κ3) is 4.22. The van der Waals surface area contributed by atoms with Gasteiger partial charge in [-0.1, -0.05) is 6.07 Å². The number of hydrogen-bond acceptors (Lipinski definition) is 3. The van der Waals surface area contributed by atoms with Crippen molar-refractivity contribution in [2.75, 3.05) is 20.3 Å². The van der Waals surface area contributed by atoms with Crippen LogP contribution in [-0.4, -0.2) is 20.3 Å². The minimum absolute atomic E-state index is 0.345. The summed E-state index contributed by atoms with van der Waals surface area (Å²) in [5, 5.41) is 3.26. The van der Waals surface area contributed by atoms with Crippen LogP contribution in [0.3, 0.4) is 0 Å².